The molecule has 1 unspecified atom stereocenters. The molecule has 1 heterocycles. The Labute approximate surface area is 99.6 Å². The minimum Gasteiger partial charge on any atom is -0.480 e. The van der Waals surface area contributed by atoms with Crippen molar-refractivity contribution in [2.24, 2.45) is 5.73 Å². The van der Waals surface area contributed by atoms with Crippen molar-refractivity contribution in [2.75, 3.05) is 13.2 Å². The molecule has 0 aromatic carbocycles. The molecule has 0 amide bonds. The van der Waals surface area contributed by atoms with E-state index in [9.17, 15) is 4.79 Å². The summed E-state index contributed by atoms with van der Waals surface area (Å²) in [7, 11) is 0. The van der Waals surface area contributed by atoms with E-state index in [1.165, 1.54) is 0 Å². The average molecular weight is 242 g/mol. The van der Waals surface area contributed by atoms with Crippen LogP contribution in [-0.4, -0.2) is 45.3 Å². The van der Waals surface area contributed by atoms with Crippen LogP contribution >= 0.6 is 0 Å². The molecule has 96 valence electrons. The molecule has 1 aromatic heterocycles. The molecular formula is C10H18N4O3. The molecule has 0 bridgehead atoms. The van der Waals surface area contributed by atoms with Gasteiger partial charge in [0.05, 0.1) is 18.8 Å². The van der Waals surface area contributed by atoms with E-state index in [0.29, 0.717) is 18.8 Å². The van der Waals surface area contributed by atoms with Crippen LogP contribution in [0.1, 0.15) is 19.0 Å². The Morgan fingerprint density at radius 2 is 2.41 bits per heavy atom. The summed E-state index contributed by atoms with van der Waals surface area (Å²) in [6.45, 7) is 3.95. The van der Waals surface area contributed by atoms with Crippen molar-refractivity contribution in [3.63, 3.8) is 0 Å². The summed E-state index contributed by atoms with van der Waals surface area (Å²) >= 11 is 0. The SMILES string of the molecule is CCCOCCn1cc(CC(N)C(=O)O)nn1. The topological polar surface area (TPSA) is 103 Å². The van der Waals surface area contributed by atoms with E-state index in [1.54, 1.807) is 10.9 Å². The molecule has 7 nitrogen and oxygen atoms in total. The van der Waals surface area contributed by atoms with Crippen molar-refractivity contribution < 1.29 is 14.6 Å². The first kappa shape index (κ1) is 13.6. The molecule has 0 saturated heterocycles. The Morgan fingerprint density at radius 1 is 1.65 bits per heavy atom. The Morgan fingerprint density at radius 3 is 3.06 bits per heavy atom. The van der Waals surface area contributed by atoms with Crippen LogP contribution in [0.15, 0.2) is 6.20 Å². The summed E-state index contributed by atoms with van der Waals surface area (Å²) in [6, 6.07) is -0.934. The fourth-order valence-corrected chi connectivity index (χ4v) is 1.26. The summed E-state index contributed by atoms with van der Waals surface area (Å²) in [4.78, 5) is 10.6. The summed E-state index contributed by atoms with van der Waals surface area (Å²) in [5, 5.41) is 16.4. The van der Waals surface area contributed by atoms with Gasteiger partial charge in [-0.2, -0.15) is 0 Å². The highest BCUT2D eigenvalue weighted by molar-refractivity contribution is 5.73. The number of aromatic nitrogens is 3. The normalized spacial score (nSPS) is 12.6. The standard InChI is InChI=1S/C10H18N4O3/c1-2-4-17-5-3-14-7-8(12-13-14)6-9(11)10(15)16/h7,9H,2-6,11H2,1H3,(H,15,16). The van der Waals surface area contributed by atoms with E-state index in [0.717, 1.165) is 13.0 Å². The number of carbonyl (C=O) groups is 1. The second kappa shape index (κ2) is 6.97. The van der Waals surface area contributed by atoms with Crippen LogP contribution in [0, 0.1) is 0 Å². The molecule has 0 aliphatic carbocycles. The monoisotopic (exact) mass is 242 g/mol. The third-order valence-corrected chi connectivity index (χ3v) is 2.15. The lowest BCUT2D eigenvalue weighted by Crippen LogP contribution is -2.32. The van der Waals surface area contributed by atoms with Crippen molar-refractivity contribution in [3.8, 4) is 0 Å². The zero-order chi connectivity index (χ0) is 12.7. The van der Waals surface area contributed by atoms with E-state index in [2.05, 4.69) is 10.3 Å². The quantitative estimate of drug-likeness (QED) is 0.604. The van der Waals surface area contributed by atoms with Crippen molar-refractivity contribution in [2.45, 2.75) is 32.4 Å². The highest BCUT2D eigenvalue weighted by atomic mass is 16.5. The number of carboxylic acid groups (broad SMARTS) is 1. The molecule has 0 saturated carbocycles. The second-order valence-corrected chi connectivity index (χ2v) is 3.73. The van der Waals surface area contributed by atoms with Crippen LogP contribution < -0.4 is 5.73 Å². The lowest BCUT2D eigenvalue weighted by atomic mass is 10.2. The van der Waals surface area contributed by atoms with Crippen molar-refractivity contribution >= 4 is 5.97 Å². The molecule has 1 atom stereocenters. The molecule has 0 aliphatic rings. The Bertz CT molecular complexity index is 353. The summed E-state index contributed by atoms with van der Waals surface area (Å²) in [5.74, 6) is -1.04. The highest BCUT2D eigenvalue weighted by Gasteiger charge is 2.14. The van der Waals surface area contributed by atoms with Gasteiger partial charge in [0.1, 0.15) is 6.04 Å². The van der Waals surface area contributed by atoms with Crippen LogP contribution in [0.25, 0.3) is 0 Å². The van der Waals surface area contributed by atoms with Crippen LogP contribution in [0.4, 0.5) is 0 Å². The molecule has 3 N–H and O–H groups in total. The van der Waals surface area contributed by atoms with E-state index in [4.69, 9.17) is 15.6 Å². The highest BCUT2D eigenvalue weighted by Crippen LogP contribution is 1.98. The van der Waals surface area contributed by atoms with Gasteiger partial charge in [-0.15, -0.1) is 5.10 Å². The summed E-state index contributed by atoms with van der Waals surface area (Å²) in [5.41, 5.74) is 5.98. The van der Waals surface area contributed by atoms with Gasteiger partial charge < -0.3 is 15.6 Å². The number of hydrogen-bond donors (Lipinski definition) is 2. The van der Waals surface area contributed by atoms with Crippen LogP contribution in [0.2, 0.25) is 0 Å². The first-order valence-corrected chi connectivity index (χ1v) is 5.58. The van der Waals surface area contributed by atoms with E-state index in [-0.39, 0.29) is 6.42 Å². The minimum absolute atomic E-state index is 0.186. The summed E-state index contributed by atoms with van der Waals surface area (Å²) < 4.78 is 6.93. The van der Waals surface area contributed by atoms with Gasteiger partial charge in [-0.3, -0.25) is 4.79 Å². The molecule has 7 heteroatoms. The van der Waals surface area contributed by atoms with E-state index >= 15 is 0 Å². The van der Waals surface area contributed by atoms with Crippen LogP contribution in [0.3, 0.4) is 0 Å². The smallest absolute Gasteiger partial charge is 0.320 e. The molecule has 1 rings (SSSR count). The predicted octanol–water partition coefficient (Wildman–Crippen LogP) is -0.341. The fraction of sp³-hybridized carbons (Fsp3) is 0.700. The first-order chi connectivity index (χ1) is 8.13. The van der Waals surface area contributed by atoms with Crippen molar-refractivity contribution in [1.29, 1.82) is 0 Å². The Kier molecular flexibility index (Phi) is 5.58. The number of carboxylic acids is 1. The Hall–Kier alpha value is -1.47. The van der Waals surface area contributed by atoms with Gasteiger partial charge in [0.25, 0.3) is 0 Å². The maximum atomic E-state index is 10.6. The molecule has 1 aromatic rings. The van der Waals surface area contributed by atoms with Crippen molar-refractivity contribution in [3.05, 3.63) is 11.9 Å². The molecular weight excluding hydrogens is 224 g/mol. The van der Waals surface area contributed by atoms with Gasteiger partial charge in [-0.1, -0.05) is 12.1 Å². The number of nitrogens with zero attached hydrogens (tertiary/aromatic N) is 3. The number of aliphatic carboxylic acids is 1. The number of nitrogens with two attached hydrogens (primary N) is 1. The van der Waals surface area contributed by atoms with Gasteiger partial charge in [0.2, 0.25) is 0 Å². The third kappa shape index (κ3) is 4.92. The Balaban J connectivity index is 2.34. The lowest BCUT2D eigenvalue weighted by molar-refractivity contribution is -0.138. The van der Waals surface area contributed by atoms with E-state index in [1.807, 2.05) is 6.92 Å². The second-order valence-electron chi connectivity index (χ2n) is 3.73. The third-order valence-electron chi connectivity index (χ3n) is 2.15. The maximum Gasteiger partial charge on any atom is 0.320 e. The number of hydrogen-bond acceptors (Lipinski definition) is 5. The van der Waals surface area contributed by atoms with E-state index < -0.39 is 12.0 Å². The fourth-order valence-electron chi connectivity index (χ4n) is 1.26. The first-order valence-electron chi connectivity index (χ1n) is 5.58. The average Bonchev–Trinajstić information content (AvgIpc) is 2.72. The maximum absolute atomic E-state index is 10.6. The lowest BCUT2D eigenvalue weighted by Gasteiger charge is -2.02. The van der Waals surface area contributed by atoms with Crippen LogP contribution in [-0.2, 0) is 22.5 Å². The number of ether oxygens (including phenoxy) is 1. The summed E-state index contributed by atoms with van der Waals surface area (Å²) in [6.07, 6.45) is 2.86. The van der Waals surface area contributed by atoms with Crippen molar-refractivity contribution in [1.82, 2.24) is 15.0 Å². The zero-order valence-electron chi connectivity index (χ0n) is 9.87. The minimum atomic E-state index is -1.04. The molecule has 0 spiro atoms. The molecule has 0 aliphatic heterocycles. The van der Waals surface area contributed by atoms with Gasteiger partial charge in [-0.25, -0.2) is 4.68 Å². The largest absolute Gasteiger partial charge is 0.480 e. The molecule has 0 fully saturated rings. The number of rotatable bonds is 8. The predicted molar refractivity (Wildman–Crippen MR) is 60.4 cm³/mol. The molecule has 0 radical (unpaired) electrons. The van der Waals surface area contributed by atoms with Gasteiger partial charge in [0.15, 0.2) is 0 Å². The van der Waals surface area contributed by atoms with Crippen LogP contribution in [0.5, 0.6) is 0 Å². The molecule has 17 heavy (non-hydrogen) atoms. The van der Waals surface area contributed by atoms with Gasteiger partial charge in [0, 0.05) is 19.2 Å². The van der Waals surface area contributed by atoms with Gasteiger partial charge in [-0.05, 0) is 6.42 Å². The zero-order valence-corrected chi connectivity index (χ0v) is 9.87. The van der Waals surface area contributed by atoms with Gasteiger partial charge >= 0.3 is 5.97 Å².